The number of aromatic nitrogens is 3. The fraction of sp³-hybridized carbons (Fsp3) is 0.474. The summed E-state index contributed by atoms with van der Waals surface area (Å²) in [5, 5.41) is 11.7. The maximum atomic E-state index is 11.1. The van der Waals surface area contributed by atoms with E-state index in [2.05, 4.69) is 20.5 Å². The van der Waals surface area contributed by atoms with E-state index < -0.39 is 0 Å². The van der Waals surface area contributed by atoms with Crippen molar-refractivity contribution in [1.29, 1.82) is 0 Å². The van der Waals surface area contributed by atoms with Crippen molar-refractivity contribution in [2.45, 2.75) is 32.8 Å². The Kier molecular flexibility index (Phi) is 6.67. The van der Waals surface area contributed by atoms with Gasteiger partial charge in [0.2, 0.25) is 5.95 Å². The van der Waals surface area contributed by atoms with Gasteiger partial charge in [0.15, 0.2) is 6.79 Å². The van der Waals surface area contributed by atoms with E-state index in [9.17, 15) is 4.79 Å². The van der Waals surface area contributed by atoms with Crippen LogP contribution in [0.1, 0.15) is 35.8 Å². The van der Waals surface area contributed by atoms with Gasteiger partial charge >= 0.3 is 0 Å². The highest BCUT2D eigenvalue weighted by atomic mass is 16.7. The van der Waals surface area contributed by atoms with Gasteiger partial charge in [0.05, 0.1) is 11.8 Å². The van der Waals surface area contributed by atoms with E-state index >= 15 is 0 Å². The van der Waals surface area contributed by atoms with Crippen LogP contribution < -0.4 is 10.1 Å². The summed E-state index contributed by atoms with van der Waals surface area (Å²) in [4.78, 5) is 15.6. The van der Waals surface area contributed by atoms with Crippen LogP contribution in [0.15, 0.2) is 18.2 Å². The number of rotatable bonds is 9. The third kappa shape index (κ3) is 4.99. The molecule has 1 fully saturated rings. The Morgan fingerprint density at radius 2 is 2.26 bits per heavy atom. The van der Waals surface area contributed by atoms with E-state index in [1.807, 2.05) is 13.8 Å². The number of hydrogen-bond acceptors (Lipinski definition) is 8. The topological polar surface area (TPSA) is 95.5 Å². The minimum atomic E-state index is 0.0900. The Balaban J connectivity index is 1.78. The molecule has 2 aromatic rings. The second-order valence-corrected chi connectivity index (χ2v) is 6.21. The maximum Gasteiger partial charge on any atom is 0.243 e. The van der Waals surface area contributed by atoms with Gasteiger partial charge in [0, 0.05) is 30.9 Å². The van der Waals surface area contributed by atoms with Gasteiger partial charge in [-0.05, 0) is 38.8 Å². The summed E-state index contributed by atoms with van der Waals surface area (Å²) in [6.07, 6.45) is 3.10. The monoisotopic (exact) mass is 372 g/mol. The molecule has 0 amide bonds. The molecule has 8 heteroatoms. The van der Waals surface area contributed by atoms with Crippen molar-refractivity contribution < 1.29 is 19.0 Å². The number of aldehydes is 1. The molecule has 1 aromatic carbocycles. The van der Waals surface area contributed by atoms with Crippen molar-refractivity contribution in [1.82, 2.24) is 15.2 Å². The Morgan fingerprint density at radius 1 is 1.37 bits per heavy atom. The van der Waals surface area contributed by atoms with Crippen LogP contribution in [0.25, 0.3) is 11.3 Å². The van der Waals surface area contributed by atoms with Crippen molar-refractivity contribution in [2.24, 2.45) is 0 Å². The molecule has 144 valence electrons. The first-order chi connectivity index (χ1) is 13.2. The molecule has 1 unspecified atom stereocenters. The molecule has 0 radical (unpaired) electrons. The first kappa shape index (κ1) is 19.2. The van der Waals surface area contributed by atoms with Crippen LogP contribution in [0.4, 0.5) is 5.95 Å². The molecule has 1 atom stereocenters. The average Bonchev–Trinajstić information content (AvgIpc) is 3.20. The summed E-state index contributed by atoms with van der Waals surface area (Å²) in [5.74, 6) is 0.973. The summed E-state index contributed by atoms with van der Waals surface area (Å²) >= 11 is 0. The largest absolute Gasteiger partial charge is 0.467 e. The molecule has 1 N–H and O–H groups in total. The molecule has 0 bridgehead atoms. The number of nitrogens with one attached hydrogen (secondary N) is 1. The van der Waals surface area contributed by atoms with Gasteiger partial charge in [-0.25, -0.2) is 4.98 Å². The smallest absolute Gasteiger partial charge is 0.243 e. The van der Waals surface area contributed by atoms with Gasteiger partial charge in [-0.15, -0.1) is 10.2 Å². The van der Waals surface area contributed by atoms with Crippen LogP contribution in [0.3, 0.4) is 0 Å². The molecule has 3 rings (SSSR count). The van der Waals surface area contributed by atoms with Crippen molar-refractivity contribution in [3.8, 4) is 17.0 Å². The van der Waals surface area contributed by atoms with Crippen molar-refractivity contribution in [3.63, 3.8) is 0 Å². The number of hydrogen-bond donors (Lipinski definition) is 1. The number of anilines is 1. The summed E-state index contributed by atoms with van der Waals surface area (Å²) < 4.78 is 16.5. The van der Waals surface area contributed by atoms with Gasteiger partial charge < -0.3 is 19.5 Å². The summed E-state index contributed by atoms with van der Waals surface area (Å²) in [6.45, 7) is 5.85. The fourth-order valence-electron chi connectivity index (χ4n) is 2.85. The van der Waals surface area contributed by atoms with Crippen LogP contribution in [-0.4, -0.2) is 54.1 Å². The minimum Gasteiger partial charge on any atom is -0.467 e. The highest BCUT2D eigenvalue weighted by molar-refractivity contribution is 5.79. The second kappa shape index (κ2) is 9.38. The predicted octanol–water partition coefficient (Wildman–Crippen LogP) is 2.62. The normalized spacial score (nSPS) is 16.3. The fourth-order valence-corrected chi connectivity index (χ4v) is 2.85. The highest BCUT2D eigenvalue weighted by Gasteiger charge is 2.17. The third-order valence-electron chi connectivity index (χ3n) is 4.27. The zero-order chi connectivity index (χ0) is 19.1. The molecule has 2 heterocycles. The van der Waals surface area contributed by atoms with E-state index in [-0.39, 0.29) is 12.9 Å². The third-order valence-corrected chi connectivity index (χ3v) is 4.27. The van der Waals surface area contributed by atoms with E-state index in [0.717, 1.165) is 25.7 Å². The summed E-state index contributed by atoms with van der Waals surface area (Å²) in [6, 6.07) is 5.15. The first-order valence-electron chi connectivity index (χ1n) is 9.08. The number of carbonyl (C=O) groups excluding carboxylic acids is 1. The van der Waals surface area contributed by atoms with Crippen molar-refractivity contribution >= 4 is 12.2 Å². The van der Waals surface area contributed by atoms with Crippen molar-refractivity contribution in [2.75, 3.05) is 31.9 Å². The molecule has 8 nitrogen and oxygen atoms in total. The van der Waals surface area contributed by atoms with E-state index in [1.165, 1.54) is 0 Å². The average molecular weight is 372 g/mol. The molecule has 0 aliphatic carbocycles. The van der Waals surface area contributed by atoms with E-state index in [4.69, 9.17) is 14.2 Å². The molecule has 1 aliphatic heterocycles. The van der Waals surface area contributed by atoms with Gasteiger partial charge in [-0.2, -0.15) is 0 Å². The highest BCUT2D eigenvalue weighted by Crippen LogP contribution is 2.31. The number of aryl methyl sites for hydroxylation is 1. The molecule has 27 heavy (non-hydrogen) atoms. The SMILES string of the molecule is CCOCOc1cc(C=O)ccc1-c1nnc(NCC2CCCO2)nc1C. The standard InChI is InChI=1S/C19H24N4O4/c1-3-25-12-27-17-9-14(11-24)6-7-16(17)18-13(2)21-19(23-22-18)20-10-15-5-4-8-26-15/h6-7,9,11,15H,3-5,8,10,12H2,1-2H3,(H,20,21,23). The summed E-state index contributed by atoms with van der Waals surface area (Å²) in [7, 11) is 0. The molecular weight excluding hydrogens is 348 g/mol. The lowest BCUT2D eigenvalue weighted by Crippen LogP contribution is -2.20. The van der Waals surface area contributed by atoms with E-state index in [1.54, 1.807) is 18.2 Å². The molecule has 1 saturated heterocycles. The number of ether oxygens (including phenoxy) is 3. The Morgan fingerprint density at radius 3 is 2.96 bits per heavy atom. The lowest BCUT2D eigenvalue weighted by Gasteiger charge is -2.14. The lowest BCUT2D eigenvalue weighted by molar-refractivity contribution is 0.0227. The summed E-state index contributed by atoms with van der Waals surface area (Å²) in [5.41, 5.74) is 2.53. The second-order valence-electron chi connectivity index (χ2n) is 6.21. The minimum absolute atomic E-state index is 0.0900. The zero-order valence-corrected chi connectivity index (χ0v) is 15.6. The number of nitrogens with zero attached hydrogens (tertiary/aromatic N) is 3. The molecular formula is C19H24N4O4. The molecule has 1 aliphatic rings. The van der Waals surface area contributed by atoms with Crippen LogP contribution >= 0.6 is 0 Å². The van der Waals surface area contributed by atoms with Gasteiger partial charge in [-0.1, -0.05) is 6.07 Å². The Labute approximate surface area is 158 Å². The quantitative estimate of drug-likeness (QED) is 0.408. The molecule has 1 aromatic heterocycles. The molecule has 0 saturated carbocycles. The maximum absolute atomic E-state index is 11.1. The lowest BCUT2D eigenvalue weighted by atomic mass is 10.1. The predicted molar refractivity (Wildman–Crippen MR) is 100.0 cm³/mol. The van der Waals surface area contributed by atoms with E-state index in [0.29, 0.717) is 47.4 Å². The Bertz CT molecular complexity index is 778. The van der Waals surface area contributed by atoms with Crippen molar-refractivity contribution in [3.05, 3.63) is 29.5 Å². The zero-order valence-electron chi connectivity index (χ0n) is 15.6. The van der Waals surface area contributed by atoms with Crippen LogP contribution in [0.5, 0.6) is 5.75 Å². The molecule has 0 spiro atoms. The van der Waals surface area contributed by atoms with Gasteiger partial charge in [-0.3, -0.25) is 4.79 Å². The van der Waals surface area contributed by atoms with Gasteiger partial charge in [0.1, 0.15) is 17.7 Å². The van der Waals surface area contributed by atoms with Crippen LogP contribution in [-0.2, 0) is 9.47 Å². The number of benzene rings is 1. The van der Waals surface area contributed by atoms with Gasteiger partial charge in [0.25, 0.3) is 0 Å². The van der Waals surface area contributed by atoms with Crippen LogP contribution in [0.2, 0.25) is 0 Å². The number of carbonyl (C=O) groups is 1. The van der Waals surface area contributed by atoms with Crippen LogP contribution in [0, 0.1) is 6.92 Å². The first-order valence-corrected chi connectivity index (χ1v) is 9.08. The Hall–Kier alpha value is -2.58.